The lowest BCUT2D eigenvalue weighted by Crippen LogP contribution is -2.39. The fourth-order valence-corrected chi connectivity index (χ4v) is 4.51. The molecule has 2 aromatic heterocycles. The molecule has 12 heteroatoms. The van der Waals surface area contributed by atoms with Crippen molar-refractivity contribution in [3.8, 4) is 11.1 Å². The van der Waals surface area contributed by atoms with Crippen LogP contribution in [-0.4, -0.2) is 73.7 Å². The second-order valence-electron chi connectivity index (χ2n) is 8.75. The highest BCUT2D eigenvalue weighted by molar-refractivity contribution is 5.96. The number of nitrogens with zero attached hydrogens (tertiary/aromatic N) is 6. The van der Waals surface area contributed by atoms with Gasteiger partial charge in [0.2, 0.25) is 0 Å². The van der Waals surface area contributed by atoms with Crippen molar-refractivity contribution in [2.45, 2.75) is 25.5 Å². The smallest absolute Gasteiger partial charge is 0.414 e. The second kappa shape index (κ2) is 9.72. The molecule has 0 unspecified atom stereocenters. The summed E-state index contributed by atoms with van der Waals surface area (Å²) < 4.78 is 21.9. The first kappa shape index (κ1) is 23.4. The highest BCUT2D eigenvalue weighted by Gasteiger charge is 2.33. The number of Topliss-reactive ketones (excluding diaryl/α,β-unsaturated/α-hetero) is 1. The fraction of sp³-hybridized carbons (Fsp3) is 0.333. The molecule has 1 aromatic carbocycles. The van der Waals surface area contributed by atoms with Crippen LogP contribution < -0.4 is 4.90 Å². The Morgan fingerprint density at radius 1 is 1.17 bits per heavy atom. The molecule has 36 heavy (non-hydrogen) atoms. The number of benzene rings is 1. The van der Waals surface area contributed by atoms with Crippen molar-refractivity contribution in [3.63, 3.8) is 0 Å². The van der Waals surface area contributed by atoms with Crippen LogP contribution in [0.4, 0.5) is 19.7 Å². The van der Waals surface area contributed by atoms with Gasteiger partial charge in [0.05, 0.1) is 25.0 Å². The maximum absolute atomic E-state index is 15.0. The Morgan fingerprint density at radius 2 is 1.97 bits per heavy atom. The van der Waals surface area contributed by atoms with Crippen LogP contribution in [0.15, 0.2) is 48.9 Å². The van der Waals surface area contributed by atoms with E-state index in [2.05, 4.69) is 15.3 Å². The van der Waals surface area contributed by atoms with Crippen molar-refractivity contribution in [1.82, 2.24) is 24.9 Å². The first-order chi connectivity index (χ1) is 17.4. The lowest BCUT2D eigenvalue weighted by atomic mass is 9.90. The van der Waals surface area contributed by atoms with E-state index in [1.165, 1.54) is 28.3 Å². The Kier molecular flexibility index (Phi) is 6.32. The summed E-state index contributed by atoms with van der Waals surface area (Å²) in [5.74, 6) is -0.971. The number of aromatic nitrogens is 4. The maximum atomic E-state index is 15.0. The average molecular weight is 494 g/mol. The Bertz CT molecular complexity index is 1270. The number of piperidine rings is 1. The molecule has 11 nitrogen and oxygen atoms in total. The quantitative estimate of drug-likeness (QED) is 0.518. The first-order valence-corrected chi connectivity index (χ1v) is 11.5. The number of anilines is 1. The molecule has 0 aliphatic carbocycles. The minimum atomic E-state index is -0.982. The number of hydrogen-bond donors (Lipinski definition) is 1. The zero-order valence-electron chi connectivity index (χ0n) is 19.2. The molecule has 3 aromatic rings. The van der Waals surface area contributed by atoms with Gasteiger partial charge >= 0.3 is 12.2 Å². The molecular weight excluding hydrogens is 471 g/mol. The van der Waals surface area contributed by atoms with Crippen molar-refractivity contribution in [1.29, 1.82) is 0 Å². The Balaban J connectivity index is 1.25. The van der Waals surface area contributed by atoms with E-state index >= 15 is 4.39 Å². The highest BCUT2D eigenvalue weighted by Crippen LogP contribution is 2.30. The standard InChI is InChI=1S/C24H23FN6O5/c25-20-11-17(31-14-18(36-24(31)35)13-30-10-7-27-28-30)2-3-19(20)16-1-4-21(26-12-16)22(32)15-5-8-29(9-6-15)23(33)34/h1-4,7,10-12,15,18H,5-6,8-9,13-14H2,(H,33,34)/t18-/m0/s1. The summed E-state index contributed by atoms with van der Waals surface area (Å²) in [7, 11) is 0. The third kappa shape index (κ3) is 4.74. The minimum Gasteiger partial charge on any atom is -0.465 e. The van der Waals surface area contributed by atoms with E-state index in [4.69, 9.17) is 9.84 Å². The zero-order chi connectivity index (χ0) is 25.2. The highest BCUT2D eigenvalue weighted by atomic mass is 19.1. The number of hydrogen-bond acceptors (Lipinski definition) is 7. The molecule has 0 spiro atoms. The lowest BCUT2D eigenvalue weighted by Gasteiger charge is -2.28. The number of likely N-dealkylation sites (tertiary alicyclic amines) is 1. The molecule has 4 heterocycles. The maximum Gasteiger partial charge on any atom is 0.414 e. The number of cyclic esters (lactones) is 1. The number of carbonyl (C=O) groups excluding carboxylic acids is 2. The van der Waals surface area contributed by atoms with Gasteiger partial charge in [-0.15, -0.1) is 5.10 Å². The molecule has 5 rings (SSSR count). The van der Waals surface area contributed by atoms with E-state index in [0.29, 0.717) is 43.7 Å². The molecule has 2 saturated heterocycles. The fourth-order valence-electron chi connectivity index (χ4n) is 4.51. The Labute approximate surface area is 205 Å². The lowest BCUT2D eigenvalue weighted by molar-refractivity contribution is 0.0816. The topological polar surface area (TPSA) is 131 Å². The predicted molar refractivity (Wildman–Crippen MR) is 124 cm³/mol. The average Bonchev–Trinajstić information content (AvgIpc) is 3.53. The first-order valence-electron chi connectivity index (χ1n) is 11.5. The summed E-state index contributed by atoms with van der Waals surface area (Å²) >= 11 is 0. The van der Waals surface area contributed by atoms with Crippen LogP contribution in [0.2, 0.25) is 0 Å². The SMILES string of the molecule is O=C(c1ccc(-c2ccc(N3C[C@H](Cn4ccnn4)OC3=O)cc2F)cn1)C1CCN(C(=O)O)CC1. The third-order valence-electron chi connectivity index (χ3n) is 6.46. The summed E-state index contributed by atoms with van der Waals surface area (Å²) in [6, 6.07) is 7.64. The van der Waals surface area contributed by atoms with Gasteiger partial charge in [0.25, 0.3) is 0 Å². The van der Waals surface area contributed by atoms with E-state index < -0.39 is 24.1 Å². The number of pyridine rings is 1. The molecule has 2 amide bonds. The molecular formula is C24H23FN6O5. The number of carbonyl (C=O) groups is 3. The molecule has 0 radical (unpaired) electrons. The van der Waals surface area contributed by atoms with Gasteiger partial charge in [-0.25, -0.2) is 18.7 Å². The number of amides is 2. The van der Waals surface area contributed by atoms with Gasteiger partial charge in [-0.05, 0) is 37.1 Å². The van der Waals surface area contributed by atoms with Crippen LogP contribution in [0.5, 0.6) is 0 Å². The van der Waals surface area contributed by atoms with E-state index in [-0.39, 0.29) is 29.5 Å². The molecule has 1 N–H and O–H groups in total. The van der Waals surface area contributed by atoms with Crippen LogP contribution in [-0.2, 0) is 11.3 Å². The van der Waals surface area contributed by atoms with Crippen LogP contribution in [0.3, 0.4) is 0 Å². The summed E-state index contributed by atoms with van der Waals surface area (Å²) in [6.45, 7) is 1.22. The number of ketones is 1. The van der Waals surface area contributed by atoms with Gasteiger partial charge in [-0.1, -0.05) is 11.3 Å². The molecule has 0 bridgehead atoms. The van der Waals surface area contributed by atoms with Gasteiger partial charge in [-0.3, -0.25) is 14.7 Å². The van der Waals surface area contributed by atoms with Crippen LogP contribution in [0, 0.1) is 11.7 Å². The predicted octanol–water partition coefficient (Wildman–Crippen LogP) is 3.08. The second-order valence-corrected chi connectivity index (χ2v) is 8.75. The molecule has 2 aliphatic rings. The molecule has 186 valence electrons. The molecule has 0 saturated carbocycles. The van der Waals surface area contributed by atoms with Crippen molar-refractivity contribution in [2.75, 3.05) is 24.5 Å². The van der Waals surface area contributed by atoms with Crippen molar-refractivity contribution < 1.29 is 28.6 Å². The summed E-state index contributed by atoms with van der Waals surface area (Å²) in [6.07, 6.45) is 3.55. The van der Waals surface area contributed by atoms with E-state index in [0.717, 1.165) is 0 Å². The summed E-state index contributed by atoms with van der Waals surface area (Å²) in [4.78, 5) is 43.1. The van der Waals surface area contributed by atoms with Crippen molar-refractivity contribution >= 4 is 23.7 Å². The third-order valence-corrected chi connectivity index (χ3v) is 6.46. The molecule has 2 fully saturated rings. The van der Waals surface area contributed by atoms with Gasteiger partial charge in [0, 0.05) is 42.5 Å². The van der Waals surface area contributed by atoms with Crippen molar-refractivity contribution in [2.24, 2.45) is 5.92 Å². The molecule has 1 atom stereocenters. The van der Waals surface area contributed by atoms with E-state index in [1.54, 1.807) is 35.1 Å². The van der Waals surface area contributed by atoms with Gasteiger partial charge in [-0.2, -0.15) is 0 Å². The summed E-state index contributed by atoms with van der Waals surface area (Å²) in [5, 5.41) is 16.6. The number of ether oxygens (including phenoxy) is 1. The van der Waals surface area contributed by atoms with Crippen molar-refractivity contribution in [3.05, 3.63) is 60.4 Å². The van der Waals surface area contributed by atoms with Crippen LogP contribution in [0.1, 0.15) is 23.3 Å². The van der Waals surface area contributed by atoms with Gasteiger partial charge < -0.3 is 14.7 Å². The largest absolute Gasteiger partial charge is 0.465 e. The van der Waals surface area contributed by atoms with E-state index in [1.807, 2.05) is 0 Å². The van der Waals surface area contributed by atoms with Gasteiger partial charge in [0.1, 0.15) is 17.6 Å². The van der Waals surface area contributed by atoms with Gasteiger partial charge in [0.15, 0.2) is 5.78 Å². The van der Waals surface area contributed by atoms with Crippen LogP contribution >= 0.6 is 0 Å². The summed E-state index contributed by atoms with van der Waals surface area (Å²) in [5.41, 5.74) is 1.41. The normalized spacial score (nSPS) is 18.4. The number of halogens is 1. The Hall–Kier alpha value is -4.35. The zero-order valence-corrected chi connectivity index (χ0v) is 19.2. The van der Waals surface area contributed by atoms with Crippen LogP contribution in [0.25, 0.3) is 11.1 Å². The number of rotatable bonds is 6. The van der Waals surface area contributed by atoms with E-state index in [9.17, 15) is 14.4 Å². The minimum absolute atomic E-state index is 0.143. The Morgan fingerprint density at radius 3 is 2.61 bits per heavy atom. The number of carboxylic acid groups (broad SMARTS) is 1. The molecule has 2 aliphatic heterocycles. The monoisotopic (exact) mass is 494 g/mol.